The maximum atomic E-state index is 11.0. The molecule has 0 spiro atoms. The minimum atomic E-state index is -4.13. The zero-order valence-corrected chi connectivity index (χ0v) is 18.7. The normalized spacial score (nSPS) is 11.3. The SMILES string of the molecule is CCCCCCCCCCCc1ncc[nH]1.O=S(=O)(O)c1cccc2ccccc12. The monoisotopic (exact) mass is 430 g/mol. The number of rotatable bonds is 11. The molecule has 0 saturated heterocycles. The van der Waals surface area contributed by atoms with Crippen molar-refractivity contribution in [1.82, 2.24) is 9.97 Å². The van der Waals surface area contributed by atoms with Crippen molar-refractivity contribution in [1.29, 1.82) is 0 Å². The van der Waals surface area contributed by atoms with Crippen LogP contribution >= 0.6 is 0 Å². The average Bonchev–Trinajstić information content (AvgIpc) is 3.25. The summed E-state index contributed by atoms with van der Waals surface area (Å²) in [5, 5.41) is 1.33. The number of aromatic nitrogens is 2. The lowest BCUT2D eigenvalue weighted by Gasteiger charge is -2.02. The molecular weight excluding hydrogens is 396 g/mol. The van der Waals surface area contributed by atoms with Gasteiger partial charge in [0.15, 0.2) is 0 Å². The Hall–Kier alpha value is -2.18. The van der Waals surface area contributed by atoms with Gasteiger partial charge in [0.2, 0.25) is 0 Å². The molecule has 1 heterocycles. The number of imidazole rings is 1. The van der Waals surface area contributed by atoms with Gasteiger partial charge < -0.3 is 4.98 Å². The number of unbranched alkanes of at least 4 members (excludes halogenated alkanes) is 8. The van der Waals surface area contributed by atoms with Crippen molar-refractivity contribution >= 4 is 20.9 Å². The fourth-order valence-electron chi connectivity index (χ4n) is 3.46. The predicted molar refractivity (Wildman–Crippen MR) is 123 cm³/mol. The highest BCUT2D eigenvalue weighted by Gasteiger charge is 2.12. The van der Waals surface area contributed by atoms with Crippen molar-refractivity contribution in [2.24, 2.45) is 0 Å². The molecule has 1 aromatic heterocycles. The molecule has 3 aromatic rings. The Bertz CT molecular complexity index is 948. The summed E-state index contributed by atoms with van der Waals surface area (Å²) < 4.78 is 31.0. The molecule has 2 aromatic carbocycles. The minimum absolute atomic E-state index is 0.0457. The van der Waals surface area contributed by atoms with Gasteiger partial charge in [0.25, 0.3) is 10.1 Å². The first-order valence-corrected chi connectivity index (χ1v) is 12.4. The third-order valence-corrected chi connectivity index (χ3v) is 6.01. The van der Waals surface area contributed by atoms with Crippen LogP contribution in [0.5, 0.6) is 0 Å². The van der Waals surface area contributed by atoms with Gasteiger partial charge in [-0.25, -0.2) is 4.98 Å². The molecule has 0 aliphatic heterocycles. The van der Waals surface area contributed by atoms with E-state index in [1.54, 1.807) is 30.3 Å². The number of nitrogens with zero attached hydrogens (tertiary/aromatic N) is 1. The first-order valence-electron chi connectivity index (χ1n) is 11.0. The third-order valence-electron chi connectivity index (χ3n) is 5.10. The van der Waals surface area contributed by atoms with Crippen LogP contribution < -0.4 is 0 Å². The van der Waals surface area contributed by atoms with Crippen molar-refractivity contribution in [3.8, 4) is 0 Å². The van der Waals surface area contributed by atoms with E-state index in [1.165, 1.54) is 63.9 Å². The van der Waals surface area contributed by atoms with Gasteiger partial charge in [-0.15, -0.1) is 0 Å². The van der Waals surface area contributed by atoms with Crippen molar-refractivity contribution in [2.45, 2.75) is 76.0 Å². The molecule has 0 aliphatic carbocycles. The first kappa shape index (κ1) is 24.1. The van der Waals surface area contributed by atoms with E-state index >= 15 is 0 Å². The van der Waals surface area contributed by atoms with Gasteiger partial charge in [-0.05, 0) is 17.9 Å². The molecule has 164 valence electrons. The van der Waals surface area contributed by atoms with Crippen molar-refractivity contribution in [3.63, 3.8) is 0 Å². The summed E-state index contributed by atoms with van der Waals surface area (Å²) in [4.78, 5) is 7.33. The Morgan fingerprint density at radius 1 is 0.867 bits per heavy atom. The van der Waals surface area contributed by atoms with E-state index in [-0.39, 0.29) is 4.90 Å². The second kappa shape index (κ2) is 13.2. The van der Waals surface area contributed by atoms with Crippen LogP contribution in [0.1, 0.15) is 70.5 Å². The molecule has 0 saturated carbocycles. The Balaban J connectivity index is 0.000000215. The molecule has 3 rings (SSSR count). The highest BCUT2D eigenvalue weighted by molar-refractivity contribution is 7.86. The van der Waals surface area contributed by atoms with Crippen LogP contribution in [-0.2, 0) is 16.5 Å². The van der Waals surface area contributed by atoms with Gasteiger partial charge in [-0.1, -0.05) is 94.7 Å². The quantitative estimate of drug-likeness (QED) is 0.266. The van der Waals surface area contributed by atoms with E-state index in [0.29, 0.717) is 5.39 Å². The fraction of sp³-hybridized carbons (Fsp3) is 0.458. The lowest BCUT2D eigenvalue weighted by Crippen LogP contribution is -1.98. The van der Waals surface area contributed by atoms with Crippen LogP contribution in [0.3, 0.4) is 0 Å². The van der Waals surface area contributed by atoms with E-state index in [1.807, 2.05) is 18.5 Å². The van der Waals surface area contributed by atoms with Gasteiger partial charge in [0.05, 0.1) is 0 Å². The highest BCUT2D eigenvalue weighted by atomic mass is 32.2. The molecule has 0 radical (unpaired) electrons. The van der Waals surface area contributed by atoms with Gasteiger partial charge in [0, 0.05) is 24.2 Å². The summed E-state index contributed by atoms with van der Waals surface area (Å²) in [6, 6.07) is 11.8. The van der Waals surface area contributed by atoms with Gasteiger partial charge in [-0.2, -0.15) is 8.42 Å². The van der Waals surface area contributed by atoms with E-state index < -0.39 is 10.1 Å². The number of hydrogen-bond donors (Lipinski definition) is 2. The molecule has 0 fully saturated rings. The standard InChI is InChI=1S/C14H26N2.C10H8O3S/c1-2-3-4-5-6-7-8-9-10-11-14-15-12-13-16-14;11-14(12,13)10-7-3-5-8-4-1-2-6-9(8)10/h12-13H,2-11H2,1H3,(H,15,16);1-7H,(H,11,12,13). The number of H-pyrrole nitrogens is 1. The van der Waals surface area contributed by atoms with Crippen LogP contribution in [0.2, 0.25) is 0 Å². The van der Waals surface area contributed by atoms with Crippen molar-refractivity contribution < 1.29 is 13.0 Å². The lowest BCUT2D eigenvalue weighted by molar-refractivity contribution is 0.484. The van der Waals surface area contributed by atoms with Crippen molar-refractivity contribution in [2.75, 3.05) is 0 Å². The van der Waals surface area contributed by atoms with E-state index in [4.69, 9.17) is 4.55 Å². The number of aromatic amines is 1. The summed E-state index contributed by atoms with van der Waals surface area (Å²) in [6.45, 7) is 2.27. The first-order chi connectivity index (χ1) is 14.5. The molecule has 0 amide bonds. The molecular formula is C24H34N2O3S. The number of fused-ring (bicyclic) bond motifs is 1. The number of nitrogens with one attached hydrogen (secondary N) is 1. The second-order valence-electron chi connectivity index (χ2n) is 7.57. The summed E-state index contributed by atoms with van der Waals surface area (Å²) in [6.07, 6.45) is 17.4. The van der Waals surface area contributed by atoms with E-state index in [9.17, 15) is 8.42 Å². The number of aryl methyl sites for hydroxylation is 1. The van der Waals surface area contributed by atoms with Crippen LogP contribution in [0.15, 0.2) is 59.8 Å². The zero-order chi connectivity index (χ0) is 21.7. The second-order valence-corrected chi connectivity index (χ2v) is 8.96. The Labute approximate surface area is 180 Å². The largest absolute Gasteiger partial charge is 0.349 e. The zero-order valence-electron chi connectivity index (χ0n) is 17.9. The molecule has 2 N–H and O–H groups in total. The minimum Gasteiger partial charge on any atom is -0.349 e. The van der Waals surface area contributed by atoms with Gasteiger partial charge in [0.1, 0.15) is 10.7 Å². The number of benzene rings is 2. The Morgan fingerprint density at radius 2 is 1.50 bits per heavy atom. The maximum absolute atomic E-state index is 11.0. The summed E-state index contributed by atoms with van der Waals surface area (Å²) in [5.41, 5.74) is 0. The molecule has 0 atom stereocenters. The van der Waals surface area contributed by atoms with Crippen LogP contribution in [0.25, 0.3) is 10.8 Å². The fourth-order valence-corrected chi connectivity index (χ4v) is 4.17. The maximum Gasteiger partial charge on any atom is 0.295 e. The third kappa shape index (κ3) is 8.67. The topological polar surface area (TPSA) is 83.0 Å². The molecule has 0 aliphatic rings. The number of hydrogen-bond acceptors (Lipinski definition) is 3. The van der Waals surface area contributed by atoms with Gasteiger partial charge in [-0.3, -0.25) is 4.55 Å². The Morgan fingerprint density at radius 3 is 2.13 bits per heavy atom. The molecule has 5 nitrogen and oxygen atoms in total. The molecule has 6 heteroatoms. The summed E-state index contributed by atoms with van der Waals surface area (Å²) in [7, 11) is -4.13. The average molecular weight is 431 g/mol. The van der Waals surface area contributed by atoms with Gasteiger partial charge >= 0.3 is 0 Å². The van der Waals surface area contributed by atoms with Crippen LogP contribution in [-0.4, -0.2) is 22.9 Å². The predicted octanol–water partition coefficient (Wildman–Crippen LogP) is 6.57. The van der Waals surface area contributed by atoms with Crippen LogP contribution in [0.4, 0.5) is 0 Å². The molecule has 30 heavy (non-hydrogen) atoms. The Kier molecular flexibility index (Phi) is 10.6. The smallest absolute Gasteiger partial charge is 0.295 e. The highest BCUT2D eigenvalue weighted by Crippen LogP contribution is 2.22. The molecule has 0 unspecified atom stereocenters. The lowest BCUT2D eigenvalue weighted by atomic mass is 10.1. The summed E-state index contributed by atoms with van der Waals surface area (Å²) in [5.74, 6) is 1.14. The van der Waals surface area contributed by atoms with Crippen LogP contribution in [0, 0.1) is 0 Å². The van der Waals surface area contributed by atoms with Crippen molar-refractivity contribution in [3.05, 3.63) is 60.7 Å². The molecule has 0 bridgehead atoms. The summed E-state index contributed by atoms with van der Waals surface area (Å²) >= 11 is 0. The van der Waals surface area contributed by atoms with E-state index in [0.717, 1.165) is 17.6 Å². The van der Waals surface area contributed by atoms with E-state index in [2.05, 4.69) is 16.9 Å².